The van der Waals surface area contributed by atoms with Crippen molar-refractivity contribution in [3.63, 3.8) is 0 Å². The molecule has 1 fully saturated rings. The van der Waals surface area contributed by atoms with E-state index in [1.807, 2.05) is 54.6 Å². The van der Waals surface area contributed by atoms with Gasteiger partial charge in [0.25, 0.3) is 0 Å². The van der Waals surface area contributed by atoms with Gasteiger partial charge in [0.15, 0.2) is 5.82 Å². The second-order valence-corrected chi connectivity index (χ2v) is 6.63. The van der Waals surface area contributed by atoms with Gasteiger partial charge in [0.2, 0.25) is 0 Å². The lowest BCUT2D eigenvalue weighted by Crippen LogP contribution is -2.38. The van der Waals surface area contributed by atoms with Crippen LogP contribution < -0.4 is 21.1 Å². The molecule has 3 aromatic rings. The molecule has 1 aliphatic heterocycles. The fourth-order valence-corrected chi connectivity index (χ4v) is 3.15. The van der Waals surface area contributed by atoms with Crippen LogP contribution in [0.1, 0.15) is 12.8 Å². The normalized spacial score (nSPS) is 16.7. The Kier molecular flexibility index (Phi) is 5.16. The number of nitrogen functional groups attached to an aromatic ring is 1. The Morgan fingerprint density at radius 2 is 1.78 bits per heavy atom. The number of nitrogens with zero attached hydrogens (tertiary/aromatic N) is 2. The van der Waals surface area contributed by atoms with Gasteiger partial charge in [-0.2, -0.15) is 0 Å². The summed E-state index contributed by atoms with van der Waals surface area (Å²) in [6.45, 7) is 2.01. The van der Waals surface area contributed by atoms with Crippen molar-refractivity contribution in [2.24, 2.45) is 0 Å². The molecule has 6 nitrogen and oxygen atoms in total. The highest BCUT2D eigenvalue weighted by Crippen LogP contribution is 2.25. The molecule has 27 heavy (non-hydrogen) atoms. The van der Waals surface area contributed by atoms with Gasteiger partial charge in [0.1, 0.15) is 23.1 Å². The molecule has 0 bridgehead atoms. The SMILES string of the molecule is Nc1cc(NC2CCCNC2)nc(-c2ccc(Oc3ccccc3)cc2)n1. The molecule has 1 atom stereocenters. The van der Waals surface area contributed by atoms with E-state index in [-0.39, 0.29) is 0 Å². The number of nitrogens with one attached hydrogen (secondary N) is 2. The predicted molar refractivity (Wildman–Crippen MR) is 108 cm³/mol. The van der Waals surface area contributed by atoms with Crippen LogP contribution in [0.5, 0.6) is 11.5 Å². The summed E-state index contributed by atoms with van der Waals surface area (Å²) in [6.07, 6.45) is 2.28. The molecular weight excluding hydrogens is 338 g/mol. The van der Waals surface area contributed by atoms with Crippen LogP contribution >= 0.6 is 0 Å². The molecule has 0 radical (unpaired) electrons. The van der Waals surface area contributed by atoms with E-state index in [2.05, 4.69) is 20.6 Å². The first-order valence-electron chi connectivity index (χ1n) is 9.21. The number of nitrogens with two attached hydrogens (primary N) is 1. The van der Waals surface area contributed by atoms with Crippen molar-refractivity contribution < 1.29 is 4.74 Å². The minimum atomic E-state index is 0.363. The van der Waals surface area contributed by atoms with Crippen LogP contribution in [0.25, 0.3) is 11.4 Å². The highest BCUT2D eigenvalue weighted by molar-refractivity contribution is 5.61. The topological polar surface area (TPSA) is 85.1 Å². The molecule has 1 unspecified atom stereocenters. The van der Waals surface area contributed by atoms with Gasteiger partial charge < -0.3 is 21.1 Å². The van der Waals surface area contributed by atoms with Gasteiger partial charge in [-0.15, -0.1) is 0 Å². The molecular formula is C21H23N5O. The van der Waals surface area contributed by atoms with Crippen LogP contribution in [0.15, 0.2) is 60.7 Å². The second kappa shape index (κ2) is 8.05. The summed E-state index contributed by atoms with van der Waals surface area (Å²) < 4.78 is 5.83. The number of aromatic nitrogens is 2. The van der Waals surface area contributed by atoms with Crippen LogP contribution in [0.3, 0.4) is 0 Å². The third kappa shape index (κ3) is 4.54. The number of anilines is 2. The maximum atomic E-state index is 6.00. The lowest BCUT2D eigenvalue weighted by molar-refractivity contribution is 0.479. The molecule has 1 saturated heterocycles. The first-order chi connectivity index (χ1) is 13.3. The summed E-state index contributed by atoms with van der Waals surface area (Å²) >= 11 is 0. The van der Waals surface area contributed by atoms with Crippen molar-refractivity contribution in [1.82, 2.24) is 15.3 Å². The number of hydrogen-bond donors (Lipinski definition) is 3. The van der Waals surface area contributed by atoms with E-state index < -0.39 is 0 Å². The Hall–Kier alpha value is -3.12. The van der Waals surface area contributed by atoms with E-state index in [1.54, 1.807) is 6.07 Å². The van der Waals surface area contributed by atoms with Gasteiger partial charge >= 0.3 is 0 Å². The van der Waals surface area contributed by atoms with E-state index in [0.29, 0.717) is 17.7 Å². The summed E-state index contributed by atoms with van der Waals surface area (Å²) in [4.78, 5) is 9.02. The Bertz CT molecular complexity index is 877. The lowest BCUT2D eigenvalue weighted by atomic mass is 10.1. The summed E-state index contributed by atoms with van der Waals surface area (Å²) in [5.41, 5.74) is 6.90. The monoisotopic (exact) mass is 361 g/mol. The van der Waals surface area contributed by atoms with Crippen LogP contribution in [-0.2, 0) is 0 Å². The number of ether oxygens (including phenoxy) is 1. The first kappa shape index (κ1) is 17.3. The molecule has 0 saturated carbocycles. The second-order valence-electron chi connectivity index (χ2n) is 6.63. The zero-order chi connectivity index (χ0) is 18.5. The van der Waals surface area contributed by atoms with Crippen LogP contribution in [0.2, 0.25) is 0 Å². The Morgan fingerprint density at radius 1 is 1.00 bits per heavy atom. The maximum Gasteiger partial charge on any atom is 0.163 e. The zero-order valence-electron chi connectivity index (χ0n) is 15.1. The van der Waals surface area contributed by atoms with Crippen molar-refractivity contribution in [1.29, 1.82) is 0 Å². The van der Waals surface area contributed by atoms with Gasteiger partial charge in [0.05, 0.1) is 0 Å². The number of piperidine rings is 1. The first-order valence-corrected chi connectivity index (χ1v) is 9.21. The Labute approximate surface area is 158 Å². The maximum absolute atomic E-state index is 6.00. The minimum absolute atomic E-state index is 0.363. The standard InChI is InChI=1S/C21H23N5O/c22-19-13-20(24-16-5-4-12-23-14-16)26-21(25-19)15-8-10-18(11-9-15)27-17-6-2-1-3-7-17/h1-3,6-11,13,16,23H,4-5,12,14H2,(H3,22,24,25,26). The minimum Gasteiger partial charge on any atom is -0.457 e. The van der Waals surface area contributed by atoms with E-state index in [0.717, 1.165) is 48.8 Å². The van der Waals surface area contributed by atoms with Crippen molar-refractivity contribution in [3.05, 3.63) is 60.7 Å². The van der Waals surface area contributed by atoms with Crippen molar-refractivity contribution in [3.8, 4) is 22.9 Å². The average molecular weight is 361 g/mol. The van der Waals surface area contributed by atoms with Gasteiger partial charge in [-0.1, -0.05) is 18.2 Å². The van der Waals surface area contributed by atoms with E-state index in [1.165, 1.54) is 0 Å². The van der Waals surface area contributed by atoms with Crippen LogP contribution in [0, 0.1) is 0 Å². The van der Waals surface area contributed by atoms with E-state index in [9.17, 15) is 0 Å². The number of rotatable bonds is 5. The molecule has 2 heterocycles. The number of benzene rings is 2. The zero-order valence-corrected chi connectivity index (χ0v) is 15.1. The van der Waals surface area contributed by atoms with Gasteiger partial charge in [-0.05, 0) is 55.8 Å². The summed E-state index contributed by atoms with van der Waals surface area (Å²) in [5, 5.41) is 6.85. The summed E-state index contributed by atoms with van der Waals surface area (Å²) in [5.74, 6) is 3.39. The van der Waals surface area contributed by atoms with E-state index >= 15 is 0 Å². The molecule has 6 heteroatoms. The lowest BCUT2D eigenvalue weighted by Gasteiger charge is -2.24. The predicted octanol–water partition coefficient (Wildman–Crippen LogP) is 3.68. The summed E-state index contributed by atoms with van der Waals surface area (Å²) in [7, 11) is 0. The molecule has 1 aromatic heterocycles. The number of para-hydroxylation sites is 1. The molecule has 2 aromatic carbocycles. The summed E-state index contributed by atoms with van der Waals surface area (Å²) in [6, 6.07) is 19.6. The fraction of sp³-hybridized carbons (Fsp3) is 0.238. The van der Waals surface area contributed by atoms with Crippen molar-refractivity contribution in [2.75, 3.05) is 24.1 Å². The Balaban J connectivity index is 1.50. The molecule has 0 spiro atoms. The van der Waals surface area contributed by atoms with Gasteiger partial charge in [-0.25, -0.2) is 9.97 Å². The van der Waals surface area contributed by atoms with E-state index in [4.69, 9.17) is 10.5 Å². The smallest absolute Gasteiger partial charge is 0.163 e. The molecule has 4 rings (SSSR count). The highest BCUT2D eigenvalue weighted by Gasteiger charge is 2.14. The molecule has 1 aliphatic rings. The van der Waals surface area contributed by atoms with Crippen molar-refractivity contribution in [2.45, 2.75) is 18.9 Å². The Morgan fingerprint density at radius 3 is 2.52 bits per heavy atom. The molecule has 0 amide bonds. The molecule has 138 valence electrons. The van der Waals surface area contributed by atoms with Crippen LogP contribution in [0.4, 0.5) is 11.6 Å². The third-order valence-electron chi connectivity index (χ3n) is 4.49. The van der Waals surface area contributed by atoms with Crippen molar-refractivity contribution >= 4 is 11.6 Å². The van der Waals surface area contributed by atoms with Crippen LogP contribution in [-0.4, -0.2) is 29.1 Å². The third-order valence-corrected chi connectivity index (χ3v) is 4.49. The highest BCUT2D eigenvalue weighted by atomic mass is 16.5. The fourth-order valence-electron chi connectivity index (χ4n) is 3.15. The molecule has 4 N–H and O–H groups in total. The van der Waals surface area contributed by atoms with Gasteiger partial charge in [0, 0.05) is 24.2 Å². The number of hydrogen-bond acceptors (Lipinski definition) is 6. The quantitative estimate of drug-likeness (QED) is 0.643. The largest absolute Gasteiger partial charge is 0.457 e. The average Bonchev–Trinajstić information content (AvgIpc) is 2.70. The molecule has 0 aliphatic carbocycles. The van der Waals surface area contributed by atoms with Gasteiger partial charge in [-0.3, -0.25) is 0 Å².